The summed E-state index contributed by atoms with van der Waals surface area (Å²) in [6.45, 7) is 4.63. The summed E-state index contributed by atoms with van der Waals surface area (Å²) >= 11 is 0. The molecule has 24 heavy (non-hydrogen) atoms. The molecule has 1 fully saturated rings. The first kappa shape index (κ1) is 15.0. The molecule has 2 aromatic heterocycles. The van der Waals surface area contributed by atoms with Crippen molar-refractivity contribution in [2.75, 3.05) is 6.54 Å². The monoisotopic (exact) mass is 324 g/mol. The van der Waals surface area contributed by atoms with E-state index < -0.39 is 0 Å². The number of nitrogens with zero attached hydrogens (tertiary/aromatic N) is 6. The third kappa shape index (κ3) is 3.21. The Morgan fingerprint density at radius 1 is 1.21 bits per heavy atom. The van der Waals surface area contributed by atoms with Crippen LogP contribution in [0.1, 0.15) is 24.3 Å². The van der Waals surface area contributed by atoms with Crippen molar-refractivity contribution >= 4 is 0 Å². The van der Waals surface area contributed by atoms with Gasteiger partial charge in [0.15, 0.2) is 0 Å². The highest BCUT2D eigenvalue weighted by Gasteiger charge is 2.26. The zero-order chi connectivity index (χ0) is 16.4. The van der Waals surface area contributed by atoms with Gasteiger partial charge in [0.25, 0.3) is 0 Å². The van der Waals surface area contributed by atoms with Gasteiger partial charge in [0.2, 0.25) is 11.8 Å². The highest BCUT2D eigenvalue weighted by Crippen LogP contribution is 2.23. The number of likely N-dealkylation sites (tertiary alicyclic amines) is 1. The van der Waals surface area contributed by atoms with Crippen LogP contribution in [-0.2, 0) is 13.1 Å². The summed E-state index contributed by atoms with van der Waals surface area (Å²) in [6.07, 6.45) is 5.67. The Morgan fingerprint density at radius 2 is 2.08 bits per heavy atom. The molecule has 0 aliphatic carbocycles. The minimum Gasteiger partial charge on any atom is -0.419 e. The summed E-state index contributed by atoms with van der Waals surface area (Å²) in [5, 5.41) is 12.6. The van der Waals surface area contributed by atoms with E-state index in [1.165, 1.54) is 12.0 Å². The van der Waals surface area contributed by atoms with Crippen molar-refractivity contribution in [3.8, 4) is 11.5 Å². The van der Waals surface area contributed by atoms with Gasteiger partial charge in [-0.15, -0.1) is 10.2 Å². The van der Waals surface area contributed by atoms with E-state index in [-0.39, 0.29) is 0 Å². The van der Waals surface area contributed by atoms with Gasteiger partial charge in [0.05, 0.1) is 13.1 Å². The van der Waals surface area contributed by atoms with Gasteiger partial charge < -0.3 is 4.42 Å². The Balaban J connectivity index is 1.44. The van der Waals surface area contributed by atoms with Crippen molar-refractivity contribution in [1.29, 1.82) is 0 Å². The van der Waals surface area contributed by atoms with Crippen molar-refractivity contribution in [2.45, 2.75) is 38.9 Å². The largest absolute Gasteiger partial charge is 0.419 e. The predicted molar refractivity (Wildman–Crippen MR) is 87.9 cm³/mol. The van der Waals surface area contributed by atoms with E-state index >= 15 is 0 Å². The van der Waals surface area contributed by atoms with Crippen LogP contribution in [0.25, 0.3) is 11.5 Å². The van der Waals surface area contributed by atoms with Crippen LogP contribution in [0.2, 0.25) is 0 Å². The molecule has 4 rings (SSSR count). The lowest BCUT2D eigenvalue weighted by atomic mass is 10.1. The Labute approximate surface area is 140 Å². The van der Waals surface area contributed by atoms with Crippen molar-refractivity contribution in [1.82, 2.24) is 29.9 Å². The molecule has 1 atom stereocenters. The van der Waals surface area contributed by atoms with Gasteiger partial charge in [0, 0.05) is 11.6 Å². The van der Waals surface area contributed by atoms with Crippen LogP contribution in [0.15, 0.2) is 41.3 Å². The van der Waals surface area contributed by atoms with Crippen LogP contribution in [-0.4, -0.2) is 42.4 Å². The molecule has 7 nitrogen and oxygen atoms in total. The van der Waals surface area contributed by atoms with E-state index in [4.69, 9.17) is 4.42 Å². The molecule has 3 aromatic rings. The first-order chi connectivity index (χ1) is 11.8. The summed E-state index contributed by atoms with van der Waals surface area (Å²) in [5.74, 6) is 1.24. The van der Waals surface area contributed by atoms with Crippen LogP contribution in [0.3, 0.4) is 0 Å². The molecule has 0 saturated carbocycles. The van der Waals surface area contributed by atoms with Gasteiger partial charge in [-0.2, -0.15) is 5.10 Å². The van der Waals surface area contributed by atoms with Gasteiger partial charge in [0.1, 0.15) is 12.7 Å². The minimum atomic E-state index is 0.432. The maximum atomic E-state index is 5.86. The number of hydrogen-bond acceptors (Lipinski definition) is 6. The molecule has 1 aliphatic rings. The van der Waals surface area contributed by atoms with Crippen molar-refractivity contribution in [3.05, 3.63) is 48.4 Å². The molecule has 124 valence electrons. The lowest BCUT2D eigenvalue weighted by molar-refractivity contribution is 0.200. The number of benzene rings is 1. The Hall–Kier alpha value is -2.54. The zero-order valence-electron chi connectivity index (χ0n) is 13.7. The smallest absolute Gasteiger partial charge is 0.247 e. The molecule has 3 heterocycles. The lowest BCUT2D eigenvalue weighted by Gasteiger charge is -2.22. The summed E-state index contributed by atoms with van der Waals surface area (Å²) in [7, 11) is 0. The van der Waals surface area contributed by atoms with Gasteiger partial charge >= 0.3 is 0 Å². The van der Waals surface area contributed by atoms with E-state index in [1.54, 1.807) is 12.7 Å². The van der Waals surface area contributed by atoms with Crippen molar-refractivity contribution in [3.63, 3.8) is 0 Å². The highest BCUT2D eigenvalue weighted by molar-refractivity contribution is 5.52. The summed E-state index contributed by atoms with van der Waals surface area (Å²) < 4.78 is 7.74. The second-order valence-electron chi connectivity index (χ2n) is 6.25. The van der Waals surface area contributed by atoms with Crippen LogP contribution in [0, 0.1) is 6.92 Å². The van der Waals surface area contributed by atoms with Gasteiger partial charge in [-0.1, -0.05) is 17.7 Å². The number of hydrogen-bond donors (Lipinski definition) is 0. The zero-order valence-corrected chi connectivity index (χ0v) is 13.7. The standard InChI is InChI=1S/C17H20N6O/c1-13-4-6-14(7-5-13)17-21-20-16(24-17)10-22-8-2-3-15(22)9-23-12-18-11-19-23/h4-7,11-12,15H,2-3,8-10H2,1H3. The maximum absolute atomic E-state index is 5.86. The van der Waals surface area contributed by atoms with Crippen LogP contribution < -0.4 is 0 Å². The predicted octanol–water partition coefficient (Wildman–Crippen LogP) is 2.30. The maximum Gasteiger partial charge on any atom is 0.247 e. The van der Waals surface area contributed by atoms with Crippen LogP contribution in [0.5, 0.6) is 0 Å². The molecule has 1 aliphatic heterocycles. The van der Waals surface area contributed by atoms with Gasteiger partial charge in [-0.3, -0.25) is 9.58 Å². The summed E-state index contributed by atoms with van der Waals surface area (Å²) in [4.78, 5) is 6.39. The molecular weight excluding hydrogens is 304 g/mol. The molecule has 1 aromatic carbocycles. The number of rotatable bonds is 5. The molecule has 7 heteroatoms. The quantitative estimate of drug-likeness (QED) is 0.717. The van der Waals surface area contributed by atoms with Crippen LogP contribution >= 0.6 is 0 Å². The van der Waals surface area contributed by atoms with Crippen molar-refractivity contribution in [2.24, 2.45) is 0 Å². The SMILES string of the molecule is Cc1ccc(-c2nnc(CN3CCCC3Cn3cncn3)o2)cc1. The lowest BCUT2D eigenvalue weighted by Crippen LogP contribution is -2.32. The van der Waals surface area contributed by atoms with Crippen LogP contribution in [0.4, 0.5) is 0 Å². The molecule has 0 spiro atoms. The third-order valence-electron chi connectivity index (χ3n) is 4.47. The van der Waals surface area contributed by atoms with Gasteiger partial charge in [-0.05, 0) is 38.4 Å². The van der Waals surface area contributed by atoms with Gasteiger partial charge in [-0.25, -0.2) is 4.98 Å². The fourth-order valence-electron chi connectivity index (χ4n) is 3.16. The summed E-state index contributed by atoms with van der Waals surface area (Å²) in [6, 6.07) is 8.55. The molecular formula is C17H20N6O. The van der Waals surface area contributed by atoms with E-state index in [2.05, 4.69) is 32.1 Å². The van der Waals surface area contributed by atoms with E-state index in [0.717, 1.165) is 25.1 Å². The first-order valence-electron chi connectivity index (χ1n) is 8.24. The Morgan fingerprint density at radius 3 is 2.88 bits per heavy atom. The second-order valence-corrected chi connectivity index (χ2v) is 6.25. The molecule has 0 bridgehead atoms. The summed E-state index contributed by atoms with van der Waals surface area (Å²) in [5.41, 5.74) is 2.17. The first-order valence-corrected chi connectivity index (χ1v) is 8.24. The van der Waals surface area contributed by atoms with E-state index in [0.29, 0.717) is 24.4 Å². The van der Waals surface area contributed by atoms with E-state index in [1.807, 2.05) is 28.9 Å². The minimum absolute atomic E-state index is 0.432. The molecule has 0 amide bonds. The Kier molecular flexibility index (Phi) is 4.08. The number of aromatic nitrogens is 5. The average Bonchev–Trinajstić information content (AvgIpc) is 3.32. The topological polar surface area (TPSA) is 72.9 Å². The highest BCUT2D eigenvalue weighted by atomic mass is 16.4. The molecule has 1 saturated heterocycles. The Bertz CT molecular complexity index is 780. The number of aryl methyl sites for hydroxylation is 1. The normalized spacial score (nSPS) is 18.3. The second kappa shape index (κ2) is 6.52. The molecule has 1 unspecified atom stereocenters. The average molecular weight is 324 g/mol. The molecule has 0 N–H and O–H groups in total. The van der Waals surface area contributed by atoms with E-state index in [9.17, 15) is 0 Å². The fraction of sp³-hybridized carbons (Fsp3) is 0.412. The third-order valence-corrected chi connectivity index (χ3v) is 4.47. The molecule has 0 radical (unpaired) electrons. The van der Waals surface area contributed by atoms with Crippen molar-refractivity contribution < 1.29 is 4.42 Å². The fourth-order valence-corrected chi connectivity index (χ4v) is 3.16.